The highest BCUT2D eigenvalue weighted by Crippen LogP contribution is 2.35. The van der Waals surface area contributed by atoms with Crippen LogP contribution in [0.3, 0.4) is 0 Å². The number of amides is 1. The Kier molecular flexibility index (Phi) is 4.77. The zero-order chi connectivity index (χ0) is 17.9. The Morgan fingerprint density at radius 3 is 3.04 bits per heavy atom. The molecular weight excluding hydrogens is 338 g/mol. The molecule has 0 unspecified atom stereocenters. The van der Waals surface area contributed by atoms with Crippen LogP contribution < -0.4 is 14.8 Å². The summed E-state index contributed by atoms with van der Waals surface area (Å²) in [5.74, 6) is 2.23. The Morgan fingerprint density at radius 2 is 2.19 bits per heavy atom. The van der Waals surface area contributed by atoms with Crippen LogP contribution >= 0.6 is 0 Å². The molecule has 2 aromatic rings. The fourth-order valence-electron chi connectivity index (χ4n) is 3.15. The predicted molar refractivity (Wildman–Crippen MR) is 92.1 cm³/mol. The van der Waals surface area contributed by atoms with Crippen molar-refractivity contribution in [1.29, 1.82) is 0 Å². The highest BCUT2D eigenvalue weighted by atomic mass is 16.6. The van der Waals surface area contributed by atoms with Crippen molar-refractivity contribution in [2.24, 2.45) is 0 Å². The third-order valence-corrected chi connectivity index (χ3v) is 4.41. The lowest BCUT2D eigenvalue weighted by Crippen LogP contribution is -2.40. The van der Waals surface area contributed by atoms with Gasteiger partial charge in [0.2, 0.25) is 5.91 Å². The van der Waals surface area contributed by atoms with Crippen LogP contribution in [0.5, 0.6) is 11.5 Å². The summed E-state index contributed by atoms with van der Waals surface area (Å²) in [6, 6.07) is 5.90. The summed E-state index contributed by atoms with van der Waals surface area (Å²) in [6.07, 6.45) is 1.73. The Balaban J connectivity index is 1.51. The number of nitrogens with zero attached hydrogens (tertiary/aromatic N) is 2. The zero-order valence-corrected chi connectivity index (χ0v) is 14.6. The van der Waals surface area contributed by atoms with Crippen LogP contribution in [0.2, 0.25) is 0 Å². The van der Waals surface area contributed by atoms with Gasteiger partial charge in [-0.3, -0.25) is 4.79 Å². The van der Waals surface area contributed by atoms with Gasteiger partial charge in [0.25, 0.3) is 0 Å². The minimum atomic E-state index is -0.153. The number of nitrogens with one attached hydrogen (secondary N) is 1. The topological polar surface area (TPSA) is 83.8 Å². The van der Waals surface area contributed by atoms with Crippen molar-refractivity contribution in [3.63, 3.8) is 0 Å². The fraction of sp³-hybridized carbons (Fsp3) is 0.444. The first-order chi connectivity index (χ1) is 12.7. The summed E-state index contributed by atoms with van der Waals surface area (Å²) in [4.78, 5) is 16.0. The molecule has 1 atom stereocenters. The second kappa shape index (κ2) is 7.35. The van der Waals surface area contributed by atoms with E-state index in [-0.39, 0.29) is 18.6 Å². The van der Waals surface area contributed by atoms with E-state index in [1.165, 1.54) is 7.11 Å². The number of carbonyl (C=O) groups is 1. The SMILES string of the molecule is COCC(=O)NC[C@H]1Cn2c(-c3ccc4c(c3)OCCO4)cnc2CO1. The first-order valence-corrected chi connectivity index (χ1v) is 8.56. The van der Waals surface area contributed by atoms with Gasteiger partial charge in [0.1, 0.15) is 32.3 Å². The smallest absolute Gasteiger partial charge is 0.246 e. The first kappa shape index (κ1) is 16.9. The molecule has 3 heterocycles. The summed E-state index contributed by atoms with van der Waals surface area (Å²) < 4.78 is 24.0. The number of rotatable bonds is 5. The van der Waals surface area contributed by atoms with Crippen molar-refractivity contribution >= 4 is 5.91 Å². The standard InChI is InChI=1S/C18H21N3O5/c1-23-11-18(22)20-7-13-9-21-14(8-19-17(21)10-26-13)12-2-3-15-16(6-12)25-5-4-24-15/h2-3,6,8,13H,4-5,7,9-11H2,1H3,(H,20,22)/t13-/m0/s1. The lowest BCUT2D eigenvalue weighted by molar-refractivity contribution is -0.125. The van der Waals surface area contributed by atoms with E-state index in [1.807, 2.05) is 24.4 Å². The minimum absolute atomic E-state index is 0.0471. The molecule has 138 valence electrons. The third kappa shape index (κ3) is 3.38. The molecule has 2 aliphatic rings. The number of ether oxygens (including phenoxy) is 4. The van der Waals surface area contributed by atoms with E-state index in [4.69, 9.17) is 18.9 Å². The monoisotopic (exact) mass is 359 g/mol. The van der Waals surface area contributed by atoms with E-state index in [2.05, 4.69) is 14.9 Å². The molecule has 0 saturated heterocycles. The summed E-state index contributed by atoms with van der Waals surface area (Å²) in [5, 5.41) is 2.82. The number of imidazole rings is 1. The van der Waals surface area contributed by atoms with Gasteiger partial charge in [0.05, 0.1) is 24.5 Å². The Bertz CT molecular complexity index is 804. The molecule has 0 bridgehead atoms. The van der Waals surface area contributed by atoms with Crippen molar-refractivity contribution in [3.8, 4) is 22.8 Å². The molecule has 0 spiro atoms. The summed E-state index contributed by atoms with van der Waals surface area (Å²) in [7, 11) is 1.49. The average molecular weight is 359 g/mol. The molecule has 1 N–H and O–H groups in total. The number of hydrogen-bond donors (Lipinski definition) is 1. The molecule has 0 saturated carbocycles. The Morgan fingerprint density at radius 1 is 1.35 bits per heavy atom. The van der Waals surface area contributed by atoms with Crippen molar-refractivity contribution in [1.82, 2.24) is 14.9 Å². The average Bonchev–Trinajstić information content (AvgIpc) is 3.09. The zero-order valence-electron chi connectivity index (χ0n) is 14.6. The van der Waals surface area contributed by atoms with Gasteiger partial charge in [-0.2, -0.15) is 0 Å². The maximum atomic E-state index is 11.6. The molecule has 0 radical (unpaired) electrons. The highest BCUT2D eigenvalue weighted by molar-refractivity contribution is 5.77. The summed E-state index contributed by atoms with van der Waals surface area (Å²) in [6.45, 7) is 2.63. The van der Waals surface area contributed by atoms with Crippen LogP contribution in [0.15, 0.2) is 24.4 Å². The van der Waals surface area contributed by atoms with Gasteiger partial charge in [-0.15, -0.1) is 0 Å². The number of methoxy groups -OCH3 is 1. The van der Waals surface area contributed by atoms with E-state index >= 15 is 0 Å². The van der Waals surface area contributed by atoms with Crippen molar-refractivity contribution < 1.29 is 23.7 Å². The maximum Gasteiger partial charge on any atom is 0.246 e. The van der Waals surface area contributed by atoms with Crippen LogP contribution in [0.4, 0.5) is 0 Å². The quantitative estimate of drug-likeness (QED) is 0.857. The van der Waals surface area contributed by atoms with Crippen LogP contribution in [-0.2, 0) is 27.4 Å². The molecule has 8 heteroatoms. The molecule has 1 amide bonds. The number of aromatic nitrogens is 2. The highest BCUT2D eigenvalue weighted by Gasteiger charge is 2.24. The van der Waals surface area contributed by atoms with Crippen molar-refractivity contribution in [2.75, 3.05) is 33.5 Å². The summed E-state index contributed by atoms with van der Waals surface area (Å²) >= 11 is 0. The third-order valence-electron chi connectivity index (χ3n) is 4.41. The second-order valence-electron chi connectivity index (χ2n) is 6.20. The number of carbonyl (C=O) groups excluding carboxylic acids is 1. The lowest BCUT2D eigenvalue weighted by Gasteiger charge is -2.26. The first-order valence-electron chi connectivity index (χ1n) is 8.56. The van der Waals surface area contributed by atoms with Gasteiger partial charge < -0.3 is 28.8 Å². The molecule has 8 nitrogen and oxygen atoms in total. The molecule has 0 aliphatic carbocycles. The molecule has 4 rings (SSSR count). The maximum absolute atomic E-state index is 11.6. The van der Waals surface area contributed by atoms with Gasteiger partial charge in [-0.05, 0) is 18.2 Å². The van der Waals surface area contributed by atoms with Crippen molar-refractivity contribution in [3.05, 3.63) is 30.2 Å². The van der Waals surface area contributed by atoms with E-state index in [0.717, 1.165) is 28.6 Å². The van der Waals surface area contributed by atoms with E-state index in [0.29, 0.717) is 32.9 Å². The minimum Gasteiger partial charge on any atom is -0.486 e. The second-order valence-corrected chi connectivity index (χ2v) is 6.20. The number of fused-ring (bicyclic) bond motifs is 2. The Hall–Kier alpha value is -2.58. The van der Waals surface area contributed by atoms with Crippen LogP contribution in [-0.4, -0.2) is 55.0 Å². The lowest BCUT2D eigenvalue weighted by atomic mass is 10.1. The van der Waals surface area contributed by atoms with Gasteiger partial charge in [0.15, 0.2) is 11.5 Å². The van der Waals surface area contributed by atoms with Crippen molar-refractivity contribution in [2.45, 2.75) is 19.3 Å². The Labute approximate surface area is 151 Å². The van der Waals surface area contributed by atoms with Crippen LogP contribution in [0, 0.1) is 0 Å². The molecule has 0 fully saturated rings. The predicted octanol–water partition coefficient (Wildman–Crippen LogP) is 0.983. The van der Waals surface area contributed by atoms with E-state index in [1.54, 1.807) is 0 Å². The molecule has 1 aromatic heterocycles. The largest absolute Gasteiger partial charge is 0.486 e. The number of benzene rings is 1. The molecular formula is C18H21N3O5. The van der Waals surface area contributed by atoms with Crippen LogP contribution in [0.1, 0.15) is 5.82 Å². The summed E-state index contributed by atoms with van der Waals surface area (Å²) in [5.41, 5.74) is 2.01. The van der Waals surface area contributed by atoms with Crippen LogP contribution in [0.25, 0.3) is 11.3 Å². The fourth-order valence-corrected chi connectivity index (χ4v) is 3.15. The van der Waals surface area contributed by atoms with E-state index in [9.17, 15) is 4.79 Å². The van der Waals surface area contributed by atoms with E-state index < -0.39 is 0 Å². The van der Waals surface area contributed by atoms with Gasteiger partial charge >= 0.3 is 0 Å². The van der Waals surface area contributed by atoms with Gasteiger partial charge in [-0.25, -0.2) is 4.98 Å². The molecule has 2 aliphatic heterocycles. The normalized spacial score (nSPS) is 18.3. The van der Waals surface area contributed by atoms with Gasteiger partial charge in [-0.1, -0.05) is 0 Å². The number of hydrogen-bond acceptors (Lipinski definition) is 6. The molecule has 1 aromatic carbocycles. The van der Waals surface area contributed by atoms with Gasteiger partial charge in [0, 0.05) is 19.2 Å². The molecule has 26 heavy (non-hydrogen) atoms.